The molecule has 0 saturated carbocycles. The molecule has 0 atom stereocenters. The fourth-order valence-corrected chi connectivity index (χ4v) is 1.96. The topological polar surface area (TPSA) is 97.6 Å². The Morgan fingerprint density at radius 1 is 1.53 bits per heavy atom. The average Bonchev–Trinajstić information content (AvgIpc) is 2.71. The zero-order valence-corrected chi connectivity index (χ0v) is 9.43. The van der Waals surface area contributed by atoms with Gasteiger partial charge in [-0.2, -0.15) is 0 Å². The maximum atomic E-state index is 11.2. The van der Waals surface area contributed by atoms with Gasteiger partial charge in [0.25, 0.3) is 0 Å². The number of fused-ring (bicyclic) bond motifs is 1. The summed E-state index contributed by atoms with van der Waals surface area (Å²) < 4.78 is 5.07. The highest BCUT2D eigenvalue weighted by molar-refractivity contribution is 5.98. The molecule has 0 bridgehead atoms. The van der Waals surface area contributed by atoms with Crippen molar-refractivity contribution in [1.82, 2.24) is 4.98 Å². The smallest absolute Gasteiger partial charge is 0.144 e. The van der Waals surface area contributed by atoms with Crippen LogP contribution in [-0.2, 0) is 6.42 Å². The van der Waals surface area contributed by atoms with Crippen molar-refractivity contribution in [2.24, 2.45) is 5.73 Å². The molecular weight excluding hydrogens is 222 g/mol. The Kier molecular flexibility index (Phi) is 3.19. The third-order valence-corrected chi connectivity index (χ3v) is 2.69. The van der Waals surface area contributed by atoms with E-state index < -0.39 is 0 Å². The highest BCUT2D eigenvalue weighted by atomic mass is 16.8. The van der Waals surface area contributed by atoms with E-state index in [9.17, 15) is 10.4 Å². The van der Waals surface area contributed by atoms with E-state index >= 15 is 0 Å². The largest absolute Gasteiger partial charge is 0.733 e. The van der Waals surface area contributed by atoms with Gasteiger partial charge in [-0.25, -0.2) is 0 Å². The predicted octanol–water partition coefficient (Wildman–Crippen LogP) is 1.37. The van der Waals surface area contributed by atoms with Gasteiger partial charge >= 0.3 is 0 Å². The van der Waals surface area contributed by atoms with Gasteiger partial charge in [0.05, 0.1) is 7.11 Å². The number of nitrogens with two attached hydrogens (primary N) is 1. The Labute approximate surface area is 98.1 Å². The summed E-state index contributed by atoms with van der Waals surface area (Å²) in [6.45, 7) is 0.466. The number of H-pyrrole nitrogens is 1. The zero-order valence-electron chi connectivity index (χ0n) is 9.43. The molecular formula is C11H14N3O3-. The number of aromatic nitrogens is 1. The van der Waals surface area contributed by atoms with E-state index in [0.717, 1.165) is 11.1 Å². The van der Waals surface area contributed by atoms with E-state index in [1.54, 1.807) is 18.3 Å². The van der Waals surface area contributed by atoms with Gasteiger partial charge in [-0.1, -0.05) is 0 Å². The summed E-state index contributed by atoms with van der Waals surface area (Å²) >= 11 is 0. The molecule has 92 valence electrons. The molecule has 0 radical (unpaired) electrons. The van der Waals surface area contributed by atoms with Crippen molar-refractivity contribution >= 4 is 16.6 Å². The Hall–Kier alpha value is -1.76. The van der Waals surface area contributed by atoms with Crippen LogP contribution in [0.5, 0.6) is 5.75 Å². The van der Waals surface area contributed by atoms with E-state index in [0.29, 0.717) is 24.1 Å². The molecule has 2 aromatic rings. The van der Waals surface area contributed by atoms with E-state index in [2.05, 4.69) is 4.98 Å². The Balaban J connectivity index is 2.72. The van der Waals surface area contributed by atoms with Gasteiger partial charge in [-0.3, -0.25) is 5.21 Å². The van der Waals surface area contributed by atoms with E-state index in [-0.39, 0.29) is 10.9 Å². The first-order valence-corrected chi connectivity index (χ1v) is 5.22. The molecule has 0 aliphatic rings. The van der Waals surface area contributed by atoms with Gasteiger partial charge in [-0.15, -0.1) is 0 Å². The van der Waals surface area contributed by atoms with Crippen molar-refractivity contribution in [2.45, 2.75) is 6.42 Å². The summed E-state index contributed by atoms with van der Waals surface area (Å²) in [6, 6.07) is 3.42. The number of nitrogens with one attached hydrogen (secondary N) is 1. The molecule has 6 heteroatoms. The van der Waals surface area contributed by atoms with Crippen LogP contribution >= 0.6 is 0 Å². The fraction of sp³-hybridized carbons (Fsp3) is 0.273. The lowest BCUT2D eigenvalue weighted by atomic mass is 10.1. The first kappa shape index (κ1) is 11.7. The van der Waals surface area contributed by atoms with Crippen molar-refractivity contribution in [3.05, 3.63) is 29.1 Å². The van der Waals surface area contributed by atoms with Gasteiger partial charge in [-0.05, 0) is 30.7 Å². The van der Waals surface area contributed by atoms with Crippen molar-refractivity contribution in [2.75, 3.05) is 18.9 Å². The normalized spacial score (nSPS) is 10.8. The maximum Gasteiger partial charge on any atom is 0.144 e. The van der Waals surface area contributed by atoms with E-state index in [1.165, 1.54) is 7.11 Å². The molecule has 0 fully saturated rings. The summed E-state index contributed by atoms with van der Waals surface area (Å²) in [5.41, 5.74) is 7.26. The third-order valence-electron chi connectivity index (χ3n) is 2.69. The minimum atomic E-state index is -0.172. The van der Waals surface area contributed by atoms with Crippen LogP contribution in [0.1, 0.15) is 5.56 Å². The van der Waals surface area contributed by atoms with Crippen LogP contribution in [0, 0.1) is 5.21 Å². The Morgan fingerprint density at radius 2 is 2.29 bits per heavy atom. The summed E-state index contributed by atoms with van der Waals surface area (Å²) in [6.07, 6.45) is 2.40. The Morgan fingerprint density at radius 3 is 2.88 bits per heavy atom. The number of ether oxygens (including phenoxy) is 1. The number of anilines is 1. The van der Waals surface area contributed by atoms with Crippen LogP contribution in [0.2, 0.25) is 0 Å². The summed E-state index contributed by atoms with van der Waals surface area (Å²) in [5, 5.41) is 20.9. The van der Waals surface area contributed by atoms with Crippen LogP contribution < -0.4 is 15.7 Å². The van der Waals surface area contributed by atoms with E-state index in [4.69, 9.17) is 10.5 Å². The zero-order chi connectivity index (χ0) is 12.4. The number of hydrogen-bond donors (Lipinski definition) is 3. The molecule has 0 spiro atoms. The average molecular weight is 236 g/mol. The number of hydrogen-bond acceptors (Lipinski definition) is 5. The quantitative estimate of drug-likeness (QED) is 0.696. The molecule has 0 saturated heterocycles. The second kappa shape index (κ2) is 4.62. The molecule has 2 rings (SSSR count). The van der Waals surface area contributed by atoms with Crippen molar-refractivity contribution in [3.8, 4) is 5.75 Å². The van der Waals surface area contributed by atoms with Crippen molar-refractivity contribution < 1.29 is 9.94 Å². The lowest BCUT2D eigenvalue weighted by Gasteiger charge is -2.25. The summed E-state index contributed by atoms with van der Waals surface area (Å²) in [4.78, 5) is 3.03. The molecule has 0 amide bonds. The van der Waals surface area contributed by atoms with Crippen LogP contribution in [0.3, 0.4) is 0 Å². The van der Waals surface area contributed by atoms with Gasteiger partial charge in [0, 0.05) is 17.1 Å². The second-order valence-corrected chi connectivity index (χ2v) is 3.66. The van der Waals surface area contributed by atoms with Crippen LogP contribution in [0.4, 0.5) is 5.69 Å². The molecule has 6 nitrogen and oxygen atoms in total. The van der Waals surface area contributed by atoms with E-state index in [1.807, 2.05) is 0 Å². The summed E-state index contributed by atoms with van der Waals surface area (Å²) in [5.74, 6) is 0.327. The fourth-order valence-electron chi connectivity index (χ4n) is 1.96. The Bertz CT molecular complexity index is 522. The number of nitrogens with zero attached hydrogens (tertiary/aromatic N) is 1. The number of rotatable bonds is 4. The van der Waals surface area contributed by atoms with Crippen LogP contribution in [0.15, 0.2) is 18.3 Å². The van der Waals surface area contributed by atoms with Gasteiger partial charge in [0.15, 0.2) is 0 Å². The minimum absolute atomic E-state index is 0.106. The highest BCUT2D eigenvalue weighted by Crippen LogP contribution is 2.37. The van der Waals surface area contributed by atoms with Crippen molar-refractivity contribution in [3.63, 3.8) is 0 Å². The van der Waals surface area contributed by atoms with Gasteiger partial charge in [0.2, 0.25) is 0 Å². The first-order valence-electron chi connectivity index (χ1n) is 5.22. The molecule has 1 heterocycles. The van der Waals surface area contributed by atoms with Crippen LogP contribution in [-0.4, -0.2) is 23.8 Å². The molecule has 1 aromatic carbocycles. The molecule has 17 heavy (non-hydrogen) atoms. The minimum Gasteiger partial charge on any atom is -0.733 e. The molecule has 0 aliphatic heterocycles. The highest BCUT2D eigenvalue weighted by Gasteiger charge is 2.14. The summed E-state index contributed by atoms with van der Waals surface area (Å²) in [7, 11) is 1.45. The number of aromatic amines is 1. The molecule has 1 aromatic heterocycles. The number of benzene rings is 1. The maximum absolute atomic E-state index is 11.2. The van der Waals surface area contributed by atoms with Crippen LogP contribution in [0.25, 0.3) is 10.9 Å². The first-order chi connectivity index (χ1) is 8.19. The molecule has 4 N–H and O–H groups in total. The third kappa shape index (κ3) is 1.93. The predicted molar refractivity (Wildman–Crippen MR) is 65.2 cm³/mol. The number of methoxy groups -OCH3 is 1. The second-order valence-electron chi connectivity index (χ2n) is 3.66. The van der Waals surface area contributed by atoms with Crippen molar-refractivity contribution in [1.29, 1.82) is 0 Å². The lowest BCUT2D eigenvalue weighted by Crippen LogP contribution is -2.10. The monoisotopic (exact) mass is 236 g/mol. The lowest BCUT2D eigenvalue weighted by molar-refractivity contribution is 0.291. The molecule has 0 unspecified atom stereocenters. The molecule has 0 aliphatic carbocycles. The van der Waals surface area contributed by atoms with Gasteiger partial charge < -0.3 is 25.9 Å². The standard InChI is InChI=1S/C11H14N3O3/c1-17-9-3-2-8-10(11(9)14(15)16)7(4-5-12)6-13-8/h2-3,6,13,15H,4-5,12H2,1H3/q-1. The van der Waals surface area contributed by atoms with Gasteiger partial charge in [0.1, 0.15) is 11.4 Å². The SMILES string of the molecule is COc1ccc2[nH]cc(CCN)c2c1N([O-])O.